The summed E-state index contributed by atoms with van der Waals surface area (Å²) in [4.78, 5) is 10.9. The minimum absolute atomic E-state index is 0.0244. The first-order chi connectivity index (χ1) is 5.95. The highest BCUT2D eigenvalue weighted by Gasteiger charge is 2.15. The maximum atomic E-state index is 13.3. The molecule has 0 aliphatic heterocycles. The zero-order valence-corrected chi connectivity index (χ0v) is 9.61. The first-order valence-corrected chi connectivity index (χ1v) is 4.84. The number of halogens is 3. The van der Waals surface area contributed by atoms with E-state index in [-0.39, 0.29) is 25.6 Å². The van der Waals surface area contributed by atoms with Crippen molar-refractivity contribution in [3.8, 4) is 0 Å². The molecule has 2 nitrogen and oxygen atoms in total. The number of hydrogen-bond donors (Lipinski definition) is 1. The van der Waals surface area contributed by atoms with Gasteiger partial charge in [-0.25, -0.2) is 4.39 Å². The van der Waals surface area contributed by atoms with Crippen LogP contribution in [0.4, 0.5) is 10.1 Å². The van der Waals surface area contributed by atoms with Crippen molar-refractivity contribution in [3.63, 3.8) is 0 Å². The maximum Gasteiger partial charge on any atom is 0.162 e. The van der Waals surface area contributed by atoms with Gasteiger partial charge in [0.1, 0.15) is 5.82 Å². The molecular weight excluding hydrogens is 307 g/mol. The summed E-state index contributed by atoms with van der Waals surface area (Å²) in [5.41, 5.74) is 5.61. The number of carbonyl (C=O) groups is 1. The van der Waals surface area contributed by atoms with E-state index >= 15 is 0 Å². The summed E-state index contributed by atoms with van der Waals surface area (Å²) in [5.74, 6) is -0.965. The number of nitrogen functional groups attached to an aromatic ring is 1. The van der Waals surface area contributed by atoms with Crippen LogP contribution in [0, 0.1) is 9.39 Å². The number of Topliss-reactive ketones (excluding diaryl/α,β-unsaturated/α-hetero) is 1. The standard InChI is InChI=1S/C8H6ClFINO/c1-3(13)4-2-5(9)8(12)7(11)6(4)10/h2H,12H2,1H3. The number of hydrogen-bond acceptors (Lipinski definition) is 2. The van der Waals surface area contributed by atoms with Crippen molar-refractivity contribution in [1.29, 1.82) is 0 Å². The van der Waals surface area contributed by atoms with Gasteiger partial charge in [0.25, 0.3) is 0 Å². The van der Waals surface area contributed by atoms with Gasteiger partial charge in [-0.2, -0.15) is 0 Å². The minimum Gasteiger partial charge on any atom is -0.397 e. The largest absolute Gasteiger partial charge is 0.397 e. The lowest BCUT2D eigenvalue weighted by atomic mass is 10.1. The molecule has 0 saturated heterocycles. The van der Waals surface area contributed by atoms with Gasteiger partial charge in [0.2, 0.25) is 0 Å². The van der Waals surface area contributed by atoms with E-state index in [1.165, 1.54) is 13.0 Å². The van der Waals surface area contributed by atoms with Gasteiger partial charge in [-0.05, 0) is 35.6 Å². The molecule has 0 bridgehead atoms. The summed E-state index contributed by atoms with van der Waals surface area (Å²) in [6, 6.07) is 1.25. The highest BCUT2D eigenvalue weighted by atomic mass is 127. The van der Waals surface area contributed by atoms with Crippen molar-refractivity contribution < 1.29 is 9.18 Å². The summed E-state index contributed by atoms with van der Waals surface area (Å²) in [5, 5.41) is 0.205. The average molecular weight is 313 g/mol. The van der Waals surface area contributed by atoms with E-state index in [9.17, 15) is 9.18 Å². The quantitative estimate of drug-likeness (QED) is 0.375. The van der Waals surface area contributed by atoms with Crippen LogP contribution in [0.3, 0.4) is 0 Å². The van der Waals surface area contributed by atoms with Crippen molar-refractivity contribution in [2.24, 2.45) is 0 Å². The number of rotatable bonds is 1. The Bertz CT molecular complexity index is 381. The van der Waals surface area contributed by atoms with Crippen LogP contribution in [0.15, 0.2) is 6.07 Å². The van der Waals surface area contributed by atoms with Crippen molar-refractivity contribution in [2.75, 3.05) is 5.73 Å². The van der Waals surface area contributed by atoms with Gasteiger partial charge in [0.15, 0.2) is 5.78 Å². The molecule has 0 heterocycles. The normalized spacial score (nSPS) is 10.2. The van der Waals surface area contributed by atoms with Crippen LogP contribution in [0.2, 0.25) is 5.02 Å². The molecule has 0 aliphatic rings. The molecule has 0 saturated carbocycles. The van der Waals surface area contributed by atoms with E-state index in [0.717, 1.165) is 0 Å². The van der Waals surface area contributed by atoms with Crippen LogP contribution in [-0.2, 0) is 0 Å². The van der Waals surface area contributed by atoms with Crippen LogP contribution in [0.25, 0.3) is 0 Å². The van der Waals surface area contributed by atoms with E-state index in [4.69, 9.17) is 17.3 Å². The number of anilines is 1. The first kappa shape index (κ1) is 10.7. The smallest absolute Gasteiger partial charge is 0.162 e. The van der Waals surface area contributed by atoms with E-state index in [0.29, 0.717) is 0 Å². The Morgan fingerprint density at radius 1 is 1.69 bits per heavy atom. The van der Waals surface area contributed by atoms with E-state index in [1.54, 1.807) is 22.6 Å². The highest BCUT2D eigenvalue weighted by molar-refractivity contribution is 14.1. The molecule has 0 spiro atoms. The second-order valence-corrected chi connectivity index (χ2v) is 3.99. The second-order valence-electron chi connectivity index (χ2n) is 2.50. The van der Waals surface area contributed by atoms with Gasteiger partial charge in [0.05, 0.1) is 19.8 Å². The van der Waals surface area contributed by atoms with Gasteiger partial charge in [-0.15, -0.1) is 0 Å². The van der Waals surface area contributed by atoms with Crippen molar-refractivity contribution in [3.05, 3.63) is 26.0 Å². The summed E-state index contributed by atoms with van der Waals surface area (Å²) in [7, 11) is 0. The molecule has 0 radical (unpaired) electrons. The van der Waals surface area contributed by atoms with E-state index in [2.05, 4.69) is 0 Å². The molecule has 2 N–H and O–H groups in total. The lowest BCUT2D eigenvalue weighted by Gasteiger charge is -2.06. The average Bonchev–Trinajstić information content (AvgIpc) is 2.07. The summed E-state index contributed by atoms with van der Waals surface area (Å²) < 4.78 is 13.5. The second kappa shape index (κ2) is 3.79. The van der Waals surface area contributed by atoms with Crippen LogP contribution in [-0.4, -0.2) is 5.78 Å². The Morgan fingerprint density at radius 2 is 2.23 bits per heavy atom. The molecule has 70 valence electrons. The van der Waals surface area contributed by atoms with Crippen LogP contribution < -0.4 is 5.73 Å². The summed E-state index contributed by atoms with van der Waals surface area (Å²) >= 11 is 7.40. The molecule has 1 aromatic carbocycles. The fraction of sp³-hybridized carbons (Fsp3) is 0.125. The molecule has 0 unspecified atom stereocenters. The lowest BCUT2D eigenvalue weighted by Crippen LogP contribution is -2.03. The minimum atomic E-state index is -0.602. The van der Waals surface area contributed by atoms with Crippen molar-refractivity contribution >= 4 is 45.7 Å². The third-order valence-corrected chi connectivity index (χ3v) is 2.94. The molecule has 0 amide bonds. The molecule has 0 fully saturated rings. The Hall–Kier alpha value is -0.360. The number of ketones is 1. The molecule has 0 atom stereocenters. The van der Waals surface area contributed by atoms with Crippen LogP contribution in [0.1, 0.15) is 17.3 Å². The van der Waals surface area contributed by atoms with Gasteiger partial charge in [-0.3, -0.25) is 4.79 Å². The molecule has 0 aliphatic carbocycles. The van der Waals surface area contributed by atoms with Crippen LogP contribution >= 0.6 is 34.2 Å². The molecular formula is C8H6ClFINO. The van der Waals surface area contributed by atoms with Crippen molar-refractivity contribution in [1.82, 2.24) is 0 Å². The first-order valence-electron chi connectivity index (χ1n) is 3.39. The SMILES string of the molecule is CC(=O)c1cc(Cl)c(N)c(I)c1F. The monoisotopic (exact) mass is 313 g/mol. The van der Waals surface area contributed by atoms with E-state index < -0.39 is 5.82 Å². The maximum absolute atomic E-state index is 13.3. The molecule has 13 heavy (non-hydrogen) atoms. The third kappa shape index (κ3) is 1.94. The van der Waals surface area contributed by atoms with Gasteiger partial charge in [-0.1, -0.05) is 11.6 Å². The van der Waals surface area contributed by atoms with Gasteiger partial charge in [0, 0.05) is 0 Å². The van der Waals surface area contributed by atoms with Gasteiger partial charge < -0.3 is 5.73 Å². The van der Waals surface area contributed by atoms with Crippen molar-refractivity contribution in [2.45, 2.75) is 6.92 Å². The fourth-order valence-electron chi connectivity index (χ4n) is 0.865. The van der Waals surface area contributed by atoms with Crippen LogP contribution in [0.5, 0.6) is 0 Å². The number of nitrogens with two attached hydrogens (primary N) is 1. The fourth-order valence-corrected chi connectivity index (χ4v) is 1.81. The number of carbonyl (C=O) groups excluding carboxylic acids is 1. The summed E-state index contributed by atoms with van der Waals surface area (Å²) in [6.45, 7) is 1.28. The van der Waals surface area contributed by atoms with E-state index in [1.807, 2.05) is 0 Å². The Balaban J connectivity index is 3.50. The van der Waals surface area contributed by atoms with Gasteiger partial charge >= 0.3 is 0 Å². The zero-order chi connectivity index (χ0) is 10.2. The topological polar surface area (TPSA) is 43.1 Å². The Labute approximate surface area is 93.4 Å². The molecule has 5 heteroatoms. The Morgan fingerprint density at radius 3 is 2.69 bits per heavy atom. The number of benzene rings is 1. The predicted molar refractivity (Wildman–Crippen MR) is 58.5 cm³/mol. The lowest BCUT2D eigenvalue weighted by molar-refractivity contribution is 0.101. The highest BCUT2D eigenvalue weighted by Crippen LogP contribution is 2.29. The molecule has 1 aromatic rings. The summed E-state index contributed by atoms with van der Waals surface area (Å²) in [6.07, 6.45) is 0. The third-order valence-electron chi connectivity index (χ3n) is 1.57. The molecule has 0 aromatic heterocycles. The predicted octanol–water partition coefficient (Wildman–Crippen LogP) is 2.87. The molecule has 1 rings (SSSR count). The Kier molecular flexibility index (Phi) is 3.13. The zero-order valence-electron chi connectivity index (χ0n) is 6.70.